The minimum Gasteiger partial charge on any atom is -0.481 e. The van der Waals surface area contributed by atoms with E-state index in [0.29, 0.717) is 0 Å². The summed E-state index contributed by atoms with van der Waals surface area (Å²) in [5.41, 5.74) is 0. The number of halogens is 3. The van der Waals surface area contributed by atoms with Gasteiger partial charge in [0, 0.05) is 0 Å². The maximum atomic E-state index is 11.6. The molecular formula is C7H9F3O3. The normalized spacial score (nSPS) is 28.2. The summed E-state index contributed by atoms with van der Waals surface area (Å²) in [5, 5.41) is 8.40. The number of ether oxygens (including phenoxy) is 1. The summed E-state index contributed by atoms with van der Waals surface area (Å²) in [7, 11) is 0. The van der Waals surface area contributed by atoms with Crippen LogP contribution in [0.25, 0.3) is 0 Å². The summed E-state index contributed by atoms with van der Waals surface area (Å²) in [6.45, 7) is -1.29. The molecule has 1 aliphatic rings. The fraction of sp³-hybridized carbons (Fsp3) is 0.857. The van der Waals surface area contributed by atoms with Crippen molar-refractivity contribution < 1.29 is 27.8 Å². The molecule has 0 aromatic carbocycles. The van der Waals surface area contributed by atoms with Gasteiger partial charge < -0.3 is 9.84 Å². The Morgan fingerprint density at radius 2 is 2.00 bits per heavy atom. The number of rotatable bonds is 3. The Kier molecular flexibility index (Phi) is 2.80. The lowest BCUT2D eigenvalue weighted by Gasteiger charge is -2.32. The van der Waals surface area contributed by atoms with Crippen molar-refractivity contribution in [2.75, 3.05) is 6.61 Å². The van der Waals surface area contributed by atoms with Gasteiger partial charge in [-0.3, -0.25) is 4.79 Å². The molecule has 0 aliphatic heterocycles. The highest BCUT2D eigenvalue weighted by Gasteiger charge is 2.38. The molecule has 1 aliphatic carbocycles. The summed E-state index contributed by atoms with van der Waals surface area (Å²) >= 11 is 0. The van der Waals surface area contributed by atoms with Crippen molar-refractivity contribution in [2.24, 2.45) is 5.92 Å². The first-order chi connectivity index (χ1) is 5.88. The van der Waals surface area contributed by atoms with Crippen LogP contribution in [0.2, 0.25) is 0 Å². The van der Waals surface area contributed by atoms with Gasteiger partial charge in [0.2, 0.25) is 0 Å². The van der Waals surface area contributed by atoms with Crippen molar-refractivity contribution in [1.29, 1.82) is 0 Å². The van der Waals surface area contributed by atoms with E-state index in [1.165, 1.54) is 0 Å². The molecule has 1 saturated carbocycles. The molecule has 0 heterocycles. The van der Waals surface area contributed by atoms with Crippen LogP contribution >= 0.6 is 0 Å². The van der Waals surface area contributed by atoms with Crippen LogP contribution in [0.4, 0.5) is 13.2 Å². The number of carboxylic acid groups (broad SMARTS) is 1. The lowest BCUT2D eigenvalue weighted by atomic mass is 9.82. The molecular weight excluding hydrogens is 189 g/mol. The van der Waals surface area contributed by atoms with E-state index < -0.39 is 30.8 Å². The Hall–Kier alpha value is -0.780. The molecule has 1 fully saturated rings. The SMILES string of the molecule is O=C(O)C1CC(OCC(F)(F)F)C1. The summed E-state index contributed by atoms with van der Waals surface area (Å²) in [6, 6.07) is 0. The van der Waals surface area contributed by atoms with Crippen LogP contribution in [-0.2, 0) is 9.53 Å². The van der Waals surface area contributed by atoms with Gasteiger partial charge in [0.05, 0.1) is 12.0 Å². The maximum Gasteiger partial charge on any atom is 0.411 e. The van der Waals surface area contributed by atoms with E-state index in [1.807, 2.05) is 0 Å². The molecule has 0 radical (unpaired) electrons. The Balaban J connectivity index is 2.12. The zero-order valence-corrected chi connectivity index (χ0v) is 6.67. The predicted octanol–water partition coefficient (Wildman–Crippen LogP) is 1.43. The van der Waals surface area contributed by atoms with E-state index in [0.717, 1.165) is 0 Å². The summed E-state index contributed by atoms with van der Waals surface area (Å²) in [6.07, 6.45) is -4.49. The van der Waals surface area contributed by atoms with Crippen LogP contribution in [0.1, 0.15) is 12.8 Å². The number of alkyl halides is 3. The largest absolute Gasteiger partial charge is 0.481 e. The van der Waals surface area contributed by atoms with E-state index in [1.54, 1.807) is 0 Å². The third kappa shape index (κ3) is 3.22. The second-order valence-corrected chi connectivity index (χ2v) is 3.05. The predicted molar refractivity (Wildman–Crippen MR) is 36.2 cm³/mol. The Labute approximate surface area is 72.5 Å². The second kappa shape index (κ2) is 3.53. The summed E-state index contributed by atoms with van der Waals surface area (Å²) in [4.78, 5) is 10.3. The molecule has 0 spiro atoms. The molecule has 3 nitrogen and oxygen atoms in total. The lowest BCUT2D eigenvalue weighted by Crippen LogP contribution is -2.38. The molecule has 0 bridgehead atoms. The smallest absolute Gasteiger partial charge is 0.411 e. The Morgan fingerprint density at radius 1 is 1.46 bits per heavy atom. The first-order valence-electron chi connectivity index (χ1n) is 3.79. The number of hydrogen-bond acceptors (Lipinski definition) is 2. The van der Waals surface area contributed by atoms with Gasteiger partial charge in [0.1, 0.15) is 6.61 Å². The van der Waals surface area contributed by atoms with Crippen molar-refractivity contribution in [2.45, 2.75) is 25.1 Å². The third-order valence-electron chi connectivity index (χ3n) is 1.93. The average molecular weight is 198 g/mol. The molecule has 1 rings (SSSR count). The van der Waals surface area contributed by atoms with Gasteiger partial charge >= 0.3 is 12.1 Å². The van der Waals surface area contributed by atoms with E-state index in [4.69, 9.17) is 5.11 Å². The quantitative estimate of drug-likeness (QED) is 0.746. The van der Waals surface area contributed by atoms with E-state index in [2.05, 4.69) is 4.74 Å². The topological polar surface area (TPSA) is 46.5 Å². The van der Waals surface area contributed by atoms with Crippen molar-refractivity contribution in [3.8, 4) is 0 Å². The monoisotopic (exact) mass is 198 g/mol. The van der Waals surface area contributed by atoms with Gasteiger partial charge in [-0.05, 0) is 12.8 Å². The van der Waals surface area contributed by atoms with E-state index in [9.17, 15) is 18.0 Å². The van der Waals surface area contributed by atoms with Gasteiger partial charge in [-0.15, -0.1) is 0 Å². The van der Waals surface area contributed by atoms with Gasteiger partial charge in [0.15, 0.2) is 0 Å². The third-order valence-corrected chi connectivity index (χ3v) is 1.93. The number of hydrogen-bond donors (Lipinski definition) is 1. The van der Waals surface area contributed by atoms with E-state index >= 15 is 0 Å². The minimum atomic E-state index is -4.33. The second-order valence-electron chi connectivity index (χ2n) is 3.05. The van der Waals surface area contributed by atoms with Crippen LogP contribution in [0.15, 0.2) is 0 Å². The maximum absolute atomic E-state index is 11.6. The molecule has 13 heavy (non-hydrogen) atoms. The van der Waals surface area contributed by atoms with Crippen LogP contribution in [0, 0.1) is 5.92 Å². The average Bonchev–Trinajstić information content (AvgIpc) is 1.79. The van der Waals surface area contributed by atoms with Crippen molar-refractivity contribution in [1.82, 2.24) is 0 Å². The first kappa shape index (κ1) is 10.3. The number of carboxylic acids is 1. The van der Waals surface area contributed by atoms with Crippen molar-refractivity contribution in [3.63, 3.8) is 0 Å². The zero-order valence-electron chi connectivity index (χ0n) is 6.67. The van der Waals surface area contributed by atoms with Gasteiger partial charge in [0.25, 0.3) is 0 Å². The lowest BCUT2D eigenvalue weighted by molar-refractivity contribution is -0.199. The molecule has 0 atom stereocenters. The standard InChI is InChI=1S/C7H9F3O3/c8-7(9,10)3-13-5-1-4(2-5)6(11)12/h4-5H,1-3H2,(H,11,12). The highest BCUT2D eigenvalue weighted by atomic mass is 19.4. The molecule has 0 unspecified atom stereocenters. The molecule has 76 valence electrons. The van der Waals surface area contributed by atoms with Crippen LogP contribution in [0.5, 0.6) is 0 Å². The Bertz CT molecular complexity index is 196. The van der Waals surface area contributed by atoms with Crippen molar-refractivity contribution >= 4 is 5.97 Å². The molecule has 0 aromatic heterocycles. The Morgan fingerprint density at radius 3 is 2.38 bits per heavy atom. The fourth-order valence-electron chi connectivity index (χ4n) is 1.12. The van der Waals surface area contributed by atoms with E-state index in [-0.39, 0.29) is 12.8 Å². The van der Waals surface area contributed by atoms with Crippen LogP contribution in [0.3, 0.4) is 0 Å². The first-order valence-corrected chi connectivity index (χ1v) is 3.79. The van der Waals surface area contributed by atoms with Gasteiger partial charge in [-0.1, -0.05) is 0 Å². The molecule has 0 saturated heterocycles. The number of aliphatic carboxylic acids is 1. The number of carbonyl (C=O) groups is 1. The van der Waals surface area contributed by atoms with Gasteiger partial charge in [-0.25, -0.2) is 0 Å². The van der Waals surface area contributed by atoms with Crippen molar-refractivity contribution in [3.05, 3.63) is 0 Å². The minimum absolute atomic E-state index is 0.186. The van der Waals surface area contributed by atoms with Crippen LogP contribution < -0.4 is 0 Å². The zero-order chi connectivity index (χ0) is 10.1. The van der Waals surface area contributed by atoms with Gasteiger partial charge in [-0.2, -0.15) is 13.2 Å². The fourth-order valence-corrected chi connectivity index (χ4v) is 1.12. The summed E-state index contributed by atoms with van der Waals surface area (Å²) < 4.78 is 39.2. The van der Waals surface area contributed by atoms with Crippen LogP contribution in [-0.4, -0.2) is 30.0 Å². The molecule has 6 heteroatoms. The highest BCUT2D eigenvalue weighted by molar-refractivity contribution is 5.71. The molecule has 0 amide bonds. The summed E-state index contributed by atoms with van der Waals surface area (Å²) in [5.74, 6) is -1.50. The molecule has 1 N–H and O–H groups in total. The molecule has 0 aromatic rings. The highest BCUT2D eigenvalue weighted by Crippen LogP contribution is 2.31.